The van der Waals surface area contributed by atoms with Crippen LogP contribution in [0.15, 0.2) is 59.6 Å². The van der Waals surface area contributed by atoms with Crippen molar-refractivity contribution >= 4 is 38.2 Å². The van der Waals surface area contributed by atoms with Crippen LogP contribution in [0.4, 0.5) is 0 Å². The van der Waals surface area contributed by atoms with E-state index in [0.29, 0.717) is 16.0 Å². The molecule has 1 amide bonds. The van der Waals surface area contributed by atoms with Crippen molar-refractivity contribution in [2.24, 2.45) is 0 Å². The minimum absolute atomic E-state index is 0.0820. The van der Waals surface area contributed by atoms with Gasteiger partial charge in [0.15, 0.2) is 9.84 Å². The summed E-state index contributed by atoms with van der Waals surface area (Å²) in [6.07, 6.45) is 7.12. The molecule has 30 heavy (non-hydrogen) atoms. The first kappa shape index (κ1) is 20.9. The molecule has 1 N–H and O–H groups in total. The summed E-state index contributed by atoms with van der Waals surface area (Å²) in [4.78, 5) is 12.9. The lowest BCUT2D eigenvalue weighted by molar-refractivity contribution is -0.122. The zero-order chi connectivity index (χ0) is 21.1. The number of sulfone groups is 1. The summed E-state index contributed by atoms with van der Waals surface area (Å²) in [6, 6.07) is 14.4. The van der Waals surface area contributed by atoms with Crippen molar-refractivity contribution in [3.05, 3.63) is 65.3 Å². The van der Waals surface area contributed by atoms with Gasteiger partial charge in [-0.25, -0.2) is 8.42 Å². The Kier molecular flexibility index (Phi) is 6.16. The van der Waals surface area contributed by atoms with Gasteiger partial charge in [-0.15, -0.1) is 0 Å². The highest BCUT2D eigenvalue weighted by atomic mass is 35.5. The lowest BCUT2D eigenvalue weighted by Crippen LogP contribution is -2.38. The van der Waals surface area contributed by atoms with Crippen molar-refractivity contribution in [2.45, 2.75) is 55.3 Å². The number of carbonyl (C=O) groups excluding carboxylic acids is 1. The van der Waals surface area contributed by atoms with Crippen molar-refractivity contribution in [1.29, 1.82) is 0 Å². The Labute approximate surface area is 182 Å². The molecule has 1 heterocycles. The highest BCUT2D eigenvalue weighted by molar-refractivity contribution is 7.90. The van der Waals surface area contributed by atoms with Gasteiger partial charge < -0.3 is 9.88 Å². The Morgan fingerprint density at radius 2 is 1.83 bits per heavy atom. The van der Waals surface area contributed by atoms with E-state index in [0.717, 1.165) is 31.2 Å². The average molecular weight is 445 g/mol. The zero-order valence-electron chi connectivity index (χ0n) is 16.7. The molecular formula is C23H25ClN2O3S. The molecule has 4 rings (SSSR count). The summed E-state index contributed by atoms with van der Waals surface area (Å²) >= 11 is 6.01. The summed E-state index contributed by atoms with van der Waals surface area (Å²) in [5.41, 5.74) is 1.37. The lowest BCUT2D eigenvalue weighted by Gasteiger charge is -2.22. The summed E-state index contributed by atoms with van der Waals surface area (Å²) < 4.78 is 28.1. The van der Waals surface area contributed by atoms with Crippen LogP contribution in [0.2, 0.25) is 5.02 Å². The van der Waals surface area contributed by atoms with Crippen LogP contribution in [0.25, 0.3) is 10.9 Å². The lowest BCUT2D eigenvalue weighted by atomic mass is 9.95. The van der Waals surface area contributed by atoms with E-state index < -0.39 is 9.84 Å². The number of amides is 1. The quantitative estimate of drug-likeness (QED) is 0.598. The number of aromatic nitrogens is 1. The molecule has 5 nitrogen and oxygen atoms in total. The molecule has 3 aromatic rings. The number of fused-ring (bicyclic) bond motifs is 1. The third kappa shape index (κ3) is 4.71. The predicted molar refractivity (Wildman–Crippen MR) is 119 cm³/mol. The van der Waals surface area contributed by atoms with Crippen LogP contribution in [0.1, 0.15) is 37.7 Å². The van der Waals surface area contributed by atoms with Gasteiger partial charge in [0.2, 0.25) is 5.91 Å². The van der Waals surface area contributed by atoms with Gasteiger partial charge in [0, 0.05) is 28.2 Å². The fourth-order valence-corrected chi connectivity index (χ4v) is 5.97. The molecule has 0 aliphatic heterocycles. The predicted octanol–water partition coefficient (Wildman–Crippen LogP) is 4.72. The standard InChI is InChI=1S/C23H25ClN2O3S/c24-18-8-6-7-17(13-18)16-30(28,29)22-14-26(21-12-5-4-11-20(21)22)15-23(27)25-19-9-2-1-3-10-19/h4-8,11-14,19H,1-3,9-10,15-16H2,(H,25,27). The van der Waals surface area contributed by atoms with E-state index in [1.807, 2.05) is 18.2 Å². The molecule has 0 atom stereocenters. The highest BCUT2D eigenvalue weighted by Gasteiger charge is 2.23. The third-order valence-electron chi connectivity index (χ3n) is 5.62. The number of halogens is 1. The number of carbonyl (C=O) groups is 1. The van der Waals surface area contributed by atoms with Crippen LogP contribution in [0, 0.1) is 0 Å². The van der Waals surface area contributed by atoms with E-state index in [1.54, 1.807) is 41.1 Å². The van der Waals surface area contributed by atoms with Gasteiger partial charge in [-0.3, -0.25) is 4.79 Å². The molecule has 0 bridgehead atoms. The minimum Gasteiger partial charge on any atom is -0.352 e. The van der Waals surface area contributed by atoms with Crippen LogP contribution in [-0.4, -0.2) is 24.9 Å². The number of rotatable bonds is 6. The molecular weight excluding hydrogens is 420 g/mol. The van der Waals surface area contributed by atoms with Crippen LogP contribution in [0.3, 0.4) is 0 Å². The van der Waals surface area contributed by atoms with Gasteiger partial charge in [-0.2, -0.15) is 0 Å². The first-order chi connectivity index (χ1) is 14.4. The van der Waals surface area contributed by atoms with E-state index in [4.69, 9.17) is 11.6 Å². The maximum absolute atomic E-state index is 13.2. The number of hydrogen-bond donors (Lipinski definition) is 1. The number of benzene rings is 2. The molecule has 0 unspecified atom stereocenters. The Balaban J connectivity index is 1.61. The van der Waals surface area contributed by atoms with Gasteiger partial charge >= 0.3 is 0 Å². The summed E-state index contributed by atoms with van der Waals surface area (Å²) in [5.74, 6) is -0.225. The van der Waals surface area contributed by atoms with E-state index in [9.17, 15) is 13.2 Å². The highest BCUT2D eigenvalue weighted by Crippen LogP contribution is 2.28. The van der Waals surface area contributed by atoms with Gasteiger partial charge in [-0.05, 0) is 36.6 Å². The SMILES string of the molecule is O=C(Cn1cc(S(=O)(=O)Cc2cccc(Cl)c2)c2ccccc21)NC1CCCCC1. The third-order valence-corrected chi connectivity index (χ3v) is 7.56. The largest absolute Gasteiger partial charge is 0.352 e. The molecule has 0 radical (unpaired) electrons. The number of para-hydroxylation sites is 1. The normalized spacial score (nSPS) is 15.4. The Morgan fingerprint density at radius 3 is 2.60 bits per heavy atom. The second kappa shape index (κ2) is 8.82. The smallest absolute Gasteiger partial charge is 0.240 e. The summed E-state index contributed by atoms with van der Waals surface area (Å²) in [5, 5.41) is 4.24. The molecule has 7 heteroatoms. The fraction of sp³-hybridized carbons (Fsp3) is 0.348. The van der Waals surface area contributed by atoms with Gasteiger partial charge in [0.25, 0.3) is 0 Å². The van der Waals surface area contributed by atoms with Crippen LogP contribution in [0.5, 0.6) is 0 Å². The first-order valence-electron chi connectivity index (χ1n) is 10.3. The Morgan fingerprint density at radius 1 is 1.07 bits per heavy atom. The average Bonchev–Trinajstić information content (AvgIpc) is 3.08. The zero-order valence-corrected chi connectivity index (χ0v) is 18.3. The van der Waals surface area contributed by atoms with Crippen molar-refractivity contribution in [2.75, 3.05) is 0 Å². The van der Waals surface area contributed by atoms with Crippen molar-refractivity contribution < 1.29 is 13.2 Å². The van der Waals surface area contributed by atoms with E-state index in [1.165, 1.54) is 6.42 Å². The number of hydrogen-bond acceptors (Lipinski definition) is 3. The summed E-state index contributed by atoms with van der Waals surface area (Å²) in [7, 11) is -3.61. The van der Waals surface area contributed by atoms with Gasteiger partial charge in [0.1, 0.15) is 6.54 Å². The van der Waals surface area contributed by atoms with Crippen LogP contribution in [-0.2, 0) is 26.9 Å². The number of nitrogens with zero attached hydrogens (tertiary/aromatic N) is 1. The van der Waals surface area contributed by atoms with Gasteiger partial charge in [0.05, 0.1) is 10.6 Å². The summed E-state index contributed by atoms with van der Waals surface area (Å²) in [6.45, 7) is 0.101. The van der Waals surface area contributed by atoms with Crippen LogP contribution >= 0.6 is 11.6 Å². The van der Waals surface area contributed by atoms with Crippen molar-refractivity contribution in [3.8, 4) is 0 Å². The molecule has 0 saturated heterocycles. The second-order valence-corrected chi connectivity index (χ2v) is 10.3. The van der Waals surface area contributed by atoms with Crippen molar-refractivity contribution in [1.82, 2.24) is 9.88 Å². The van der Waals surface area contributed by atoms with E-state index in [-0.39, 0.29) is 29.1 Å². The second-order valence-electron chi connectivity index (χ2n) is 7.93. The van der Waals surface area contributed by atoms with Gasteiger partial charge in [-0.1, -0.05) is 61.2 Å². The first-order valence-corrected chi connectivity index (χ1v) is 12.3. The Bertz CT molecular complexity index is 1160. The van der Waals surface area contributed by atoms with E-state index in [2.05, 4.69) is 5.32 Å². The molecule has 2 aromatic carbocycles. The molecule has 0 spiro atoms. The monoisotopic (exact) mass is 444 g/mol. The van der Waals surface area contributed by atoms with Crippen molar-refractivity contribution in [3.63, 3.8) is 0 Å². The maximum Gasteiger partial charge on any atom is 0.240 e. The van der Waals surface area contributed by atoms with Crippen LogP contribution < -0.4 is 5.32 Å². The minimum atomic E-state index is -3.61. The molecule has 1 aliphatic carbocycles. The molecule has 1 saturated carbocycles. The molecule has 1 fully saturated rings. The topological polar surface area (TPSA) is 68.2 Å². The van der Waals surface area contributed by atoms with E-state index >= 15 is 0 Å². The number of nitrogens with one attached hydrogen (secondary N) is 1. The molecule has 1 aromatic heterocycles. The maximum atomic E-state index is 13.2. The molecule has 1 aliphatic rings. The fourth-order valence-electron chi connectivity index (χ4n) is 4.19. The molecule has 158 valence electrons. The Hall–Kier alpha value is -2.31.